The van der Waals surface area contributed by atoms with E-state index in [1.165, 1.54) is 28.7 Å². The van der Waals surface area contributed by atoms with Crippen LogP contribution < -0.4 is 5.32 Å². The zero-order chi connectivity index (χ0) is 11.3. The van der Waals surface area contributed by atoms with Gasteiger partial charge in [-0.05, 0) is 49.9 Å². The molecule has 1 aliphatic heterocycles. The molecule has 2 heteroatoms. The highest BCUT2D eigenvalue weighted by Gasteiger charge is 2.45. The molecule has 1 fully saturated rings. The minimum Gasteiger partial charge on any atom is -0.388 e. The zero-order valence-corrected chi connectivity index (χ0v) is 10.0. The van der Waals surface area contributed by atoms with Crippen molar-refractivity contribution in [2.75, 3.05) is 13.1 Å². The largest absolute Gasteiger partial charge is 0.388 e. The molecule has 2 nitrogen and oxygen atoms in total. The number of aryl methyl sites for hydroxylation is 2. The lowest BCUT2D eigenvalue weighted by Crippen LogP contribution is -2.27. The van der Waals surface area contributed by atoms with E-state index in [4.69, 9.17) is 0 Å². The molecule has 3 rings (SSSR count). The lowest BCUT2D eigenvalue weighted by atomic mass is 9.79. The first-order valence-electron chi connectivity index (χ1n) is 6.13. The van der Waals surface area contributed by atoms with Crippen LogP contribution in [0.3, 0.4) is 0 Å². The van der Waals surface area contributed by atoms with Gasteiger partial charge in [0.25, 0.3) is 0 Å². The number of fused-ring (bicyclic) bond motifs is 2. The molecule has 0 bridgehead atoms. The Morgan fingerprint density at radius 3 is 2.88 bits per heavy atom. The van der Waals surface area contributed by atoms with E-state index in [2.05, 4.69) is 31.3 Å². The predicted molar refractivity (Wildman–Crippen MR) is 64.7 cm³/mol. The molecule has 1 aromatic carbocycles. The Kier molecular flexibility index (Phi) is 2.13. The highest BCUT2D eigenvalue weighted by molar-refractivity contribution is 5.49. The summed E-state index contributed by atoms with van der Waals surface area (Å²) in [4.78, 5) is 0. The summed E-state index contributed by atoms with van der Waals surface area (Å²) < 4.78 is 0. The fourth-order valence-corrected chi connectivity index (χ4v) is 3.70. The van der Waals surface area contributed by atoms with Crippen LogP contribution in [-0.4, -0.2) is 18.2 Å². The number of aliphatic hydroxyl groups excluding tert-OH is 1. The molecule has 1 spiro atoms. The summed E-state index contributed by atoms with van der Waals surface area (Å²) in [6.07, 6.45) is 1.81. The SMILES string of the molecule is Cc1cc(C)c2c(c1)C(O)CC21CCNC1. The first kappa shape index (κ1) is 10.3. The summed E-state index contributed by atoms with van der Waals surface area (Å²) in [5.74, 6) is 0. The van der Waals surface area contributed by atoms with Gasteiger partial charge in [0, 0.05) is 12.0 Å². The number of nitrogens with one attached hydrogen (secondary N) is 1. The summed E-state index contributed by atoms with van der Waals surface area (Å²) in [5.41, 5.74) is 5.44. The first-order chi connectivity index (χ1) is 7.62. The maximum atomic E-state index is 10.2. The van der Waals surface area contributed by atoms with Gasteiger partial charge in [-0.1, -0.05) is 17.7 Å². The number of hydrogen-bond donors (Lipinski definition) is 2. The van der Waals surface area contributed by atoms with Crippen LogP contribution in [0.2, 0.25) is 0 Å². The second kappa shape index (κ2) is 3.31. The fraction of sp³-hybridized carbons (Fsp3) is 0.571. The maximum absolute atomic E-state index is 10.2. The van der Waals surface area contributed by atoms with Gasteiger partial charge < -0.3 is 10.4 Å². The molecule has 1 aliphatic carbocycles. The number of benzene rings is 1. The Morgan fingerprint density at radius 2 is 2.19 bits per heavy atom. The Balaban J connectivity index is 2.20. The van der Waals surface area contributed by atoms with E-state index < -0.39 is 0 Å². The van der Waals surface area contributed by atoms with Gasteiger partial charge in [0.05, 0.1) is 6.10 Å². The molecule has 2 aliphatic rings. The quantitative estimate of drug-likeness (QED) is 0.696. The molecular formula is C14H19NO. The van der Waals surface area contributed by atoms with Crippen molar-refractivity contribution >= 4 is 0 Å². The van der Waals surface area contributed by atoms with Crippen LogP contribution in [-0.2, 0) is 5.41 Å². The molecule has 16 heavy (non-hydrogen) atoms. The topological polar surface area (TPSA) is 32.3 Å². The van der Waals surface area contributed by atoms with Gasteiger partial charge in [-0.15, -0.1) is 0 Å². The average Bonchev–Trinajstić information content (AvgIpc) is 2.74. The number of aliphatic hydroxyl groups is 1. The van der Waals surface area contributed by atoms with Gasteiger partial charge in [0.1, 0.15) is 0 Å². The molecule has 86 valence electrons. The van der Waals surface area contributed by atoms with Gasteiger partial charge in [0.2, 0.25) is 0 Å². The third-order valence-corrected chi connectivity index (χ3v) is 4.23. The van der Waals surface area contributed by atoms with E-state index in [0.717, 1.165) is 19.5 Å². The van der Waals surface area contributed by atoms with E-state index in [0.29, 0.717) is 0 Å². The highest BCUT2D eigenvalue weighted by atomic mass is 16.3. The van der Waals surface area contributed by atoms with Crippen molar-refractivity contribution < 1.29 is 5.11 Å². The Bertz CT molecular complexity index is 433. The van der Waals surface area contributed by atoms with Crippen LogP contribution >= 0.6 is 0 Å². The molecule has 0 saturated carbocycles. The molecule has 1 aromatic rings. The molecular weight excluding hydrogens is 198 g/mol. The summed E-state index contributed by atoms with van der Waals surface area (Å²) in [7, 11) is 0. The monoisotopic (exact) mass is 217 g/mol. The smallest absolute Gasteiger partial charge is 0.0802 e. The zero-order valence-electron chi connectivity index (χ0n) is 10.0. The fourth-order valence-electron chi connectivity index (χ4n) is 3.70. The number of rotatable bonds is 0. The van der Waals surface area contributed by atoms with Crippen molar-refractivity contribution in [3.63, 3.8) is 0 Å². The van der Waals surface area contributed by atoms with Gasteiger partial charge in [-0.2, -0.15) is 0 Å². The molecule has 1 saturated heterocycles. The maximum Gasteiger partial charge on any atom is 0.0802 e. The number of hydrogen-bond acceptors (Lipinski definition) is 2. The predicted octanol–water partition coefficient (Wildman–Crippen LogP) is 1.97. The highest BCUT2D eigenvalue weighted by Crippen LogP contribution is 2.49. The molecule has 0 radical (unpaired) electrons. The van der Waals surface area contributed by atoms with E-state index in [9.17, 15) is 5.11 Å². The summed E-state index contributed by atoms with van der Waals surface area (Å²) in [5, 5.41) is 13.7. The molecule has 0 aromatic heterocycles. The Morgan fingerprint density at radius 1 is 1.38 bits per heavy atom. The average molecular weight is 217 g/mol. The van der Waals surface area contributed by atoms with Crippen molar-refractivity contribution in [2.45, 2.75) is 38.2 Å². The second-order valence-electron chi connectivity index (χ2n) is 5.47. The molecule has 0 amide bonds. The van der Waals surface area contributed by atoms with Crippen molar-refractivity contribution in [1.82, 2.24) is 5.32 Å². The van der Waals surface area contributed by atoms with E-state index >= 15 is 0 Å². The van der Waals surface area contributed by atoms with Gasteiger partial charge >= 0.3 is 0 Å². The molecule has 2 N–H and O–H groups in total. The van der Waals surface area contributed by atoms with Crippen molar-refractivity contribution in [3.8, 4) is 0 Å². The summed E-state index contributed by atoms with van der Waals surface area (Å²) >= 11 is 0. The van der Waals surface area contributed by atoms with Crippen molar-refractivity contribution in [3.05, 3.63) is 34.4 Å². The lowest BCUT2D eigenvalue weighted by Gasteiger charge is -2.25. The van der Waals surface area contributed by atoms with Crippen molar-refractivity contribution in [1.29, 1.82) is 0 Å². The molecule has 2 unspecified atom stereocenters. The minimum absolute atomic E-state index is 0.215. The second-order valence-corrected chi connectivity index (χ2v) is 5.47. The van der Waals surface area contributed by atoms with Crippen molar-refractivity contribution in [2.24, 2.45) is 0 Å². The van der Waals surface area contributed by atoms with Crippen LogP contribution in [0, 0.1) is 13.8 Å². The van der Waals surface area contributed by atoms with Crippen LogP contribution in [0.15, 0.2) is 12.1 Å². The summed E-state index contributed by atoms with van der Waals surface area (Å²) in [6, 6.07) is 4.41. The summed E-state index contributed by atoms with van der Waals surface area (Å²) in [6.45, 7) is 6.41. The first-order valence-corrected chi connectivity index (χ1v) is 6.13. The lowest BCUT2D eigenvalue weighted by molar-refractivity contribution is 0.158. The van der Waals surface area contributed by atoms with Crippen LogP contribution in [0.25, 0.3) is 0 Å². The van der Waals surface area contributed by atoms with Crippen LogP contribution in [0.4, 0.5) is 0 Å². The Labute approximate surface area is 96.7 Å². The van der Waals surface area contributed by atoms with Gasteiger partial charge in [0.15, 0.2) is 0 Å². The van der Waals surface area contributed by atoms with Gasteiger partial charge in [-0.3, -0.25) is 0 Å². The molecule has 2 atom stereocenters. The van der Waals surface area contributed by atoms with Crippen LogP contribution in [0.1, 0.15) is 41.2 Å². The Hall–Kier alpha value is -0.860. The molecule has 1 heterocycles. The van der Waals surface area contributed by atoms with E-state index in [1.807, 2.05) is 0 Å². The standard InChI is InChI=1S/C14H19NO/c1-9-5-10(2)13-11(6-9)12(16)7-14(13)3-4-15-8-14/h5-6,12,15-16H,3-4,7-8H2,1-2H3. The minimum atomic E-state index is -0.256. The van der Waals surface area contributed by atoms with E-state index in [1.54, 1.807) is 0 Å². The third-order valence-electron chi connectivity index (χ3n) is 4.23. The third kappa shape index (κ3) is 1.26. The van der Waals surface area contributed by atoms with E-state index in [-0.39, 0.29) is 11.5 Å². The van der Waals surface area contributed by atoms with Gasteiger partial charge in [-0.25, -0.2) is 0 Å². The van der Waals surface area contributed by atoms with Crippen LogP contribution in [0.5, 0.6) is 0 Å². The normalized spacial score (nSPS) is 32.3.